The SMILES string of the molecule is CN(CC(=O)N1CCC(c2ccc(F)cc2)C1)C1CCNCC1.Cl.Cl. The summed E-state index contributed by atoms with van der Waals surface area (Å²) in [5.41, 5.74) is 1.13. The normalized spacial score (nSPS) is 20.9. The van der Waals surface area contributed by atoms with E-state index in [0.29, 0.717) is 18.5 Å². The molecule has 2 aliphatic rings. The molecule has 3 rings (SSSR count). The number of piperidine rings is 1. The van der Waals surface area contributed by atoms with Gasteiger partial charge in [0, 0.05) is 25.0 Å². The van der Waals surface area contributed by atoms with E-state index in [-0.39, 0.29) is 36.5 Å². The molecule has 4 nitrogen and oxygen atoms in total. The average Bonchev–Trinajstić information content (AvgIpc) is 3.06. The van der Waals surface area contributed by atoms with Crippen LogP contribution in [0, 0.1) is 5.82 Å². The third kappa shape index (κ3) is 5.81. The van der Waals surface area contributed by atoms with E-state index < -0.39 is 0 Å². The van der Waals surface area contributed by atoms with E-state index in [9.17, 15) is 9.18 Å². The van der Waals surface area contributed by atoms with Crippen LogP contribution in [0.5, 0.6) is 0 Å². The minimum atomic E-state index is -0.205. The molecule has 0 aromatic heterocycles. The fourth-order valence-electron chi connectivity index (χ4n) is 3.68. The Labute approximate surface area is 162 Å². The van der Waals surface area contributed by atoms with Crippen LogP contribution in [0.15, 0.2) is 24.3 Å². The molecule has 0 saturated carbocycles. The number of benzene rings is 1. The monoisotopic (exact) mass is 391 g/mol. The van der Waals surface area contributed by atoms with Crippen molar-refractivity contribution in [2.45, 2.75) is 31.2 Å². The molecule has 142 valence electrons. The Morgan fingerprint density at radius 2 is 1.84 bits per heavy atom. The molecule has 2 saturated heterocycles. The van der Waals surface area contributed by atoms with Crippen molar-refractivity contribution in [3.05, 3.63) is 35.6 Å². The lowest BCUT2D eigenvalue weighted by Gasteiger charge is -2.32. The van der Waals surface area contributed by atoms with Gasteiger partial charge in [0.05, 0.1) is 6.54 Å². The highest BCUT2D eigenvalue weighted by Gasteiger charge is 2.29. The second-order valence-corrected chi connectivity index (χ2v) is 6.77. The first kappa shape index (κ1) is 22.2. The Bertz CT molecular complexity index is 538. The lowest BCUT2D eigenvalue weighted by molar-refractivity contribution is -0.131. The van der Waals surface area contributed by atoms with Crippen molar-refractivity contribution in [1.82, 2.24) is 15.1 Å². The first-order valence-electron chi connectivity index (χ1n) is 8.57. The maximum atomic E-state index is 13.0. The fraction of sp³-hybridized carbons (Fsp3) is 0.611. The molecule has 1 amide bonds. The minimum absolute atomic E-state index is 0. The Hall–Kier alpha value is -0.880. The quantitative estimate of drug-likeness (QED) is 0.856. The number of likely N-dealkylation sites (tertiary alicyclic amines) is 1. The zero-order valence-corrected chi connectivity index (χ0v) is 16.3. The van der Waals surface area contributed by atoms with Gasteiger partial charge in [0.2, 0.25) is 5.91 Å². The number of carbonyl (C=O) groups is 1. The second-order valence-electron chi connectivity index (χ2n) is 6.77. The molecule has 2 heterocycles. The van der Waals surface area contributed by atoms with Gasteiger partial charge >= 0.3 is 0 Å². The Morgan fingerprint density at radius 1 is 1.20 bits per heavy atom. The summed E-state index contributed by atoms with van der Waals surface area (Å²) in [6, 6.07) is 7.20. The van der Waals surface area contributed by atoms with Crippen molar-refractivity contribution in [2.24, 2.45) is 0 Å². The zero-order chi connectivity index (χ0) is 16.2. The molecule has 1 aromatic rings. The molecule has 0 spiro atoms. The molecule has 1 aromatic carbocycles. The molecule has 1 unspecified atom stereocenters. The van der Waals surface area contributed by atoms with Gasteiger partial charge in [0.15, 0.2) is 0 Å². The summed E-state index contributed by atoms with van der Waals surface area (Å²) in [5, 5.41) is 3.36. The average molecular weight is 392 g/mol. The largest absolute Gasteiger partial charge is 0.341 e. The molecule has 0 bridgehead atoms. The first-order chi connectivity index (χ1) is 11.1. The standard InChI is InChI=1S/C18H26FN3O.2ClH/c1-21(17-6-9-20-10-7-17)13-18(23)22-11-8-15(12-22)14-2-4-16(19)5-3-14;;/h2-5,15,17,20H,6-13H2,1H3;2*1H. The van der Waals surface area contributed by atoms with Gasteiger partial charge in [-0.05, 0) is 57.1 Å². The topological polar surface area (TPSA) is 35.6 Å². The molecule has 0 radical (unpaired) electrons. The predicted octanol–water partition coefficient (Wildman–Crippen LogP) is 2.67. The van der Waals surface area contributed by atoms with Gasteiger partial charge in [0.25, 0.3) is 0 Å². The van der Waals surface area contributed by atoms with E-state index in [1.54, 1.807) is 0 Å². The van der Waals surface area contributed by atoms with Crippen LogP contribution in [0.1, 0.15) is 30.7 Å². The molecule has 2 aliphatic heterocycles. The molecule has 1 atom stereocenters. The van der Waals surface area contributed by atoms with Gasteiger partial charge in [-0.1, -0.05) is 12.1 Å². The van der Waals surface area contributed by atoms with Crippen LogP contribution in [0.25, 0.3) is 0 Å². The number of hydrogen-bond donors (Lipinski definition) is 1. The number of hydrogen-bond acceptors (Lipinski definition) is 3. The van der Waals surface area contributed by atoms with Gasteiger partial charge < -0.3 is 10.2 Å². The van der Waals surface area contributed by atoms with Crippen molar-refractivity contribution in [3.63, 3.8) is 0 Å². The zero-order valence-electron chi connectivity index (χ0n) is 14.6. The maximum absolute atomic E-state index is 13.0. The van der Waals surface area contributed by atoms with E-state index >= 15 is 0 Å². The van der Waals surface area contributed by atoms with Crippen molar-refractivity contribution in [3.8, 4) is 0 Å². The fourth-order valence-corrected chi connectivity index (χ4v) is 3.68. The minimum Gasteiger partial charge on any atom is -0.341 e. The number of amides is 1. The summed E-state index contributed by atoms with van der Waals surface area (Å²) in [6.07, 6.45) is 3.19. The predicted molar refractivity (Wildman–Crippen MR) is 103 cm³/mol. The van der Waals surface area contributed by atoms with E-state index in [2.05, 4.69) is 17.3 Å². The van der Waals surface area contributed by atoms with Crippen molar-refractivity contribution in [1.29, 1.82) is 0 Å². The van der Waals surface area contributed by atoms with Gasteiger partial charge in [-0.2, -0.15) is 0 Å². The van der Waals surface area contributed by atoms with Gasteiger partial charge in [-0.15, -0.1) is 24.8 Å². The maximum Gasteiger partial charge on any atom is 0.236 e. The highest BCUT2D eigenvalue weighted by atomic mass is 35.5. The Morgan fingerprint density at radius 3 is 2.48 bits per heavy atom. The van der Waals surface area contributed by atoms with Gasteiger partial charge in [0.1, 0.15) is 5.82 Å². The van der Waals surface area contributed by atoms with Crippen LogP contribution in [0.4, 0.5) is 4.39 Å². The van der Waals surface area contributed by atoms with Gasteiger partial charge in [-0.3, -0.25) is 9.69 Å². The lowest BCUT2D eigenvalue weighted by atomic mass is 9.99. The Balaban J connectivity index is 0.00000156. The van der Waals surface area contributed by atoms with Crippen LogP contribution in [0.2, 0.25) is 0 Å². The van der Waals surface area contributed by atoms with Crippen LogP contribution < -0.4 is 5.32 Å². The van der Waals surface area contributed by atoms with Crippen LogP contribution in [-0.2, 0) is 4.79 Å². The van der Waals surface area contributed by atoms with Crippen molar-refractivity contribution in [2.75, 3.05) is 39.8 Å². The number of likely N-dealkylation sites (N-methyl/N-ethyl adjacent to an activating group) is 1. The second kappa shape index (κ2) is 10.3. The van der Waals surface area contributed by atoms with Crippen molar-refractivity contribution >= 4 is 30.7 Å². The number of nitrogens with zero attached hydrogens (tertiary/aromatic N) is 2. The summed E-state index contributed by atoms with van der Waals surface area (Å²) >= 11 is 0. The van der Waals surface area contributed by atoms with E-state index in [1.807, 2.05) is 17.0 Å². The van der Waals surface area contributed by atoms with E-state index in [0.717, 1.165) is 51.0 Å². The summed E-state index contributed by atoms with van der Waals surface area (Å²) in [6.45, 7) is 4.14. The lowest BCUT2D eigenvalue weighted by Crippen LogP contribution is -2.46. The molecule has 0 aliphatic carbocycles. The summed E-state index contributed by atoms with van der Waals surface area (Å²) in [4.78, 5) is 16.7. The number of rotatable bonds is 4. The highest BCUT2D eigenvalue weighted by Crippen LogP contribution is 2.27. The highest BCUT2D eigenvalue weighted by molar-refractivity contribution is 5.85. The number of carbonyl (C=O) groups excluding carboxylic acids is 1. The van der Waals surface area contributed by atoms with E-state index in [1.165, 1.54) is 12.1 Å². The van der Waals surface area contributed by atoms with Crippen LogP contribution >= 0.6 is 24.8 Å². The summed E-state index contributed by atoms with van der Waals surface area (Å²) in [5.74, 6) is 0.350. The molecule has 1 N–H and O–H groups in total. The summed E-state index contributed by atoms with van der Waals surface area (Å²) in [7, 11) is 2.06. The summed E-state index contributed by atoms with van der Waals surface area (Å²) < 4.78 is 13.0. The number of nitrogens with one attached hydrogen (secondary N) is 1. The molecular formula is C18H28Cl2FN3O. The van der Waals surface area contributed by atoms with Crippen LogP contribution in [-0.4, -0.2) is 61.5 Å². The first-order valence-corrected chi connectivity index (χ1v) is 8.57. The number of halogens is 3. The molecule has 7 heteroatoms. The van der Waals surface area contributed by atoms with E-state index in [4.69, 9.17) is 0 Å². The molecule has 2 fully saturated rings. The molecular weight excluding hydrogens is 364 g/mol. The van der Waals surface area contributed by atoms with Crippen molar-refractivity contribution < 1.29 is 9.18 Å². The third-order valence-electron chi connectivity index (χ3n) is 5.20. The third-order valence-corrected chi connectivity index (χ3v) is 5.20. The van der Waals surface area contributed by atoms with Crippen LogP contribution in [0.3, 0.4) is 0 Å². The Kier molecular flexibility index (Phi) is 9.14. The van der Waals surface area contributed by atoms with Gasteiger partial charge in [-0.25, -0.2) is 4.39 Å². The molecule has 25 heavy (non-hydrogen) atoms. The smallest absolute Gasteiger partial charge is 0.236 e.